The van der Waals surface area contributed by atoms with Crippen LogP contribution in [0.2, 0.25) is 5.02 Å². The molecule has 2 N–H and O–H groups in total. The van der Waals surface area contributed by atoms with Gasteiger partial charge in [-0.25, -0.2) is 4.98 Å². The van der Waals surface area contributed by atoms with Crippen LogP contribution < -0.4 is 10.6 Å². The van der Waals surface area contributed by atoms with E-state index in [1.54, 1.807) is 13.1 Å². The number of carbonyl (C=O) groups is 3. The number of hydrogen-bond donors (Lipinski definition) is 2. The third-order valence-electron chi connectivity index (χ3n) is 8.44. The lowest BCUT2D eigenvalue weighted by molar-refractivity contribution is -0.130. The summed E-state index contributed by atoms with van der Waals surface area (Å²) in [6, 6.07) is 5.47. The van der Waals surface area contributed by atoms with Crippen LogP contribution in [0.3, 0.4) is 0 Å². The molecule has 2 aromatic rings. The summed E-state index contributed by atoms with van der Waals surface area (Å²) < 4.78 is 0.966. The monoisotopic (exact) mass is 600 g/mol. The molecule has 1 aromatic heterocycles. The lowest BCUT2D eigenvalue weighted by atomic mass is 9.83. The Morgan fingerprint density at radius 2 is 1.88 bits per heavy atom. The Labute approximate surface area is 253 Å². The molecule has 1 saturated heterocycles. The number of carbonyl (C=O) groups excluding carboxylic acids is 3. The van der Waals surface area contributed by atoms with E-state index < -0.39 is 5.92 Å². The molecule has 0 radical (unpaired) electrons. The number of amides is 2. The Kier molecular flexibility index (Phi) is 12.6. The lowest BCUT2D eigenvalue weighted by Crippen LogP contribution is -2.42. The summed E-state index contributed by atoms with van der Waals surface area (Å²) in [5.74, 6) is -0.183. The van der Waals surface area contributed by atoms with Crippen LogP contribution in [0.5, 0.6) is 0 Å². The van der Waals surface area contributed by atoms with E-state index >= 15 is 0 Å². The molecule has 1 saturated carbocycles. The van der Waals surface area contributed by atoms with Gasteiger partial charge in [0, 0.05) is 43.9 Å². The second kappa shape index (κ2) is 16.4. The Morgan fingerprint density at radius 3 is 2.63 bits per heavy atom. The molecule has 2 heterocycles. The summed E-state index contributed by atoms with van der Waals surface area (Å²) in [5.41, 5.74) is 0.843. The predicted octanol–water partition coefficient (Wildman–Crippen LogP) is 6.09. The minimum absolute atomic E-state index is 0.0906. The molecule has 1 aromatic carbocycles. The van der Waals surface area contributed by atoms with Crippen molar-refractivity contribution in [2.24, 2.45) is 11.8 Å². The highest BCUT2D eigenvalue weighted by molar-refractivity contribution is 7.18. The maximum atomic E-state index is 13.7. The Hall–Kier alpha value is -2.29. The van der Waals surface area contributed by atoms with Gasteiger partial charge in [0.05, 0.1) is 21.1 Å². The van der Waals surface area contributed by atoms with Crippen LogP contribution in [0.1, 0.15) is 82.1 Å². The highest BCUT2D eigenvalue weighted by Gasteiger charge is 2.27. The van der Waals surface area contributed by atoms with Crippen molar-refractivity contribution in [1.82, 2.24) is 20.5 Å². The SMILES string of the molecule is CNC(=O)C[C@@H](Cc1nc2ccc(Cl)cc2s1)C(=O)N[C@H](CCC(=O)/C=C/CN1CCCCC1)CC1CCCCC1. The van der Waals surface area contributed by atoms with E-state index in [1.165, 1.54) is 62.7 Å². The molecule has 9 heteroatoms. The van der Waals surface area contributed by atoms with Crippen LogP contribution >= 0.6 is 22.9 Å². The fourth-order valence-corrected chi connectivity index (χ4v) is 7.42. The van der Waals surface area contributed by atoms with E-state index in [2.05, 4.69) is 15.5 Å². The van der Waals surface area contributed by atoms with Crippen molar-refractivity contribution in [1.29, 1.82) is 0 Å². The number of hydrogen-bond acceptors (Lipinski definition) is 6. The molecule has 0 spiro atoms. The van der Waals surface area contributed by atoms with Gasteiger partial charge in [-0.1, -0.05) is 56.2 Å². The summed E-state index contributed by atoms with van der Waals surface area (Å²) in [6.45, 7) is 3.04. The summed E-state index contributed by atoms with van der Waals surface area (Å²) in [5, 5.41) is 7.39. The van der Waals surface area contributed by atoms with Crippen LogP contribution in [0.4, 0.5) is 0 Å². The Balaban J connectivity index is 1.39. The van der Waals surface area contributed by atoms with Crippen molar-refractivity contribution >= 4 is 50.8 Å². The minimum atomic E-state index is -0.542. The van der Waals surface area contributed by atoms with Gasteiger partial charge in [0.25, 0.3) is 0 Å². The van der Waals surface area contributed by atoms with Crippen LogP contribution in [0, 0.1) is 11.8 Å². The van der Waals surface area contributed by atoms with Gasteiger partial charge in [-0.15, -0.1) is 11.3 Å². The van der Waals surface area contributed by atoms with Crippen molar-refractivity contribution in [2.45, 2.75) is 89.5 Å². The third-order valence-corrected chi connectivity index (χ3v) is 9.72. The maximum absolute atomic E-state index is 13.7. The summed E-state index contributed by atoms with van der Waals surface area (Å²) in [7, 11) is 1.59. The van der Waals surface area contributed by atoms with Gasteiger partial charge in [0.15, 0.2) is 5.78 Å². The molecule has 0 bridgehead atoms. The molecule has 2 atom stereocenters. The number of rotatable bonds is 14. The van der Waals surface area contributed by atoms with Crippen LogP contribution in [-0.4, -0.2) is 60.2 Å². The van der Waals surface area contributed by atoms with Crippen molar-refractivity contribution in [3.8, 4) is 0 Å². The van der Waals surface area contributed by atoms with Crippen molar-refractivity contribution in [3.63, 3.8) is 0 Å². The molecule has 0 unspecified atom stereocenters. The summed E-state index contributed by atoms with van der Waals surface area (Å²) >= 11 is 7.66. The number of nitrogens with one attached hydrogen (secondary N) is 2. The van der Waals surface area contributed by atoms with E-state index in [4.69, 9.17) is 16.6 Å². The second-order valence-electron chi connectivity index (χ2n) is 11.7. The van der Waals surface area contributed by atoms with Crippen LogP contribution in [0.25, 0.3) is 10.2 Å². The molecule has 7 nitrogen and oxygen atoms in total. The quantitative estimate of drug-likeness (QED) is 0.256. The Morgan fingerprint density at radius 1 is 1.12 bits per heavy atom. The van der Waals surface area contributed by atoms with Crippen molar-refractivity contribution in [3.05, 3.63) is 40.4 Å². The fourth-order valence-electron chi connectivity index (χ4n) is 6.10. The first-order valence-electron chi connectivity index (χ1n) is 15.4. The average molecular weight is 601 g/mol. The fraction of sp³-hybridized carbons (Fsp3) is 0.625. The first-order chi connectivity index (χ1) is 19.9. The van der Waals surface area contributed by atoms with Gasteiger partial charge in [-0.3, -0.25) is 19.3 Å². The summed E-state index contributed by atoms with van der Waals surface area (Å²) in [6.07, 6.45) is 15.9. The standard InChI is InChI=1S/C32H45ClN4O3S/c1-34-30(39)20-24(21-31-36-28-15-12-25(33)22-29(28)41-31)32(40)35-26(19-23-9-4-2-5-10-23)13-14-27(38)11-8-18-37-16-6-3-7-17-37/h8,11-12,15,22-24,26H,2-7,9-10,13-14,16-21H2,1H3,(H,34,39)(H,35,40)/b11-8+/t24-,26+/m0/s1. The molecule has 2 fully saturated rings. The van der Waals surface area contributed by atoms with Crippen molar-refractivity contribution < 1.29 is 14.4 Å². The molecule has 224 valence electrons. The number of allylic oxidation sites excluding steroid dienone is 1. The number of nitrogens with zero attached hydrogens (tertiary/aromatic N) is 2. The van der Waals surface area contributed by atoms with E-state index in [9.17, 15) is 14.4 Å². The molecular weight excluding hydrogens is 556 g/mol. The first kappa shape index (κ1) is 31.6. The highest BCUT2D eigenvalue weighted by atomic mass is 35.5. The average Bonchev–Trinajstić information content (AvgIpc) is 3.38. The second-order valence-corrected chi connectivity index (χ2v) is 13.3. The zero-order valence-electron chi connectivity index (χ0n) is 24.3. The Bertz CT molecular complexity index is 1190. The van der Waals surface area contributed by atoms with Gasteiger partial charge < -0.3 is 10.6 Å². The normalized spacial score (nSPS) is 18.4. The van der Waals surface area contributed by atoms with Gasteiger partial charge in [-0.2, -0.15) is 0 Å². The van der Waals surface area contributed by atoms with E-state index in [-0.39, 0.29) is 30.1 Å². The molecule has 41 heavy (non-hydrogen) atoms. The molecule has 1 aliphatic heterocycles. The maximum Gasteiger partial charge on any atom is 0.224 e. The number of piperidine rings is 1. The van der Waals surface area contributed by atoms with Gasteiger partial charge >= 0.3 is 0 Å². The van der Waals surface area contributed by atoms with Gasteiger partial charge in [0.2, 0.25) is 11.8 Å². The molecule has 2 amide bonds. The van der Waals surface area contributed by atoms with Gasteiger partial charge in [0.1, 0.15) is 0 Å². The van der Waals surface area contributed by atoms with E-state index in [0.29, 0.717) is 30.2 Å². The first-order valence-corrected chi connectivity index (χ1v) is 16.6. The molecular formula is C32H45ClN4O3S. The van der Waals surface area contributed by atoms with Crippen molar-refractivity contribution in [2.75, 3.05) is 26.7 Å². The zero-order chi connectivity index (χ0) is 29.0. The number of benzene rings is 1. The van der Waals surface area contributed by atoms with Crippen LogP contribution in [0.15, 0.2) is 30.4 Å². The summed E-state index contributed by atoms with van der Waals surface area (Å²) in [4.78, 5) is 45.9. The van der Waals surface area contributed by atoms with Crippen LogP contribution in [-0.2, 0) is 20.8 Å². The van der Waals surface area contributed by atoms with E-state index in [1.807, 2.05) is 24.3 Å². The third kappa shape index (κ3) is 10.5. The van der Waals surface area contributed by atoms with Gasteiger partial charge in [-0.05, 0) is 69.0 Å². The molecule has 1 aliphatic carbocycles. The largest absolute Gasteiger partial charge is 0.359 e. The number of fused-ring (bicyclic) bond motifs is 1. The van der Waals surface area contributed by atoms with E-state index in [0.717, 1.165) is 41.3 Å². The highest BCUT2D eigenvalue weighted by Crippen LogP contribution is 2.30. The molecule has 4 rings (SSSR count). The lowest BCUT2D eigenvalue weighted by Gasteiger charge is -2.28. The number of halogens is 1. The number of thiazole rings is 1. The number of aromatic nitrogens is 1. The predicted molar refractivity (Wildman–Crippen MR) is 167 cm³/mol. The smallest absolute Gasteiger partial charge is 0.224 e. The minimum Gasteiger partial charge on any atom is -0.359 e. The molecule has 2 aliphatic rings. The topological polar surface area (TPSA) is 91.4 Å². The number of likely N-dealkylation sites (tertiary alicyclic amines) is 1. The number of ketones is 1. The zero-order valence-corrected chi connectivity index (χ0v) is 25.9.